The number of nitrogens with zero attached hydrogens (tertiary/aromatic N) is 1. The molecule has 27 heavy (non-hydrogen) atoms. The average Bonchev–Trinajstić information content (AvgIpc) is 2.72. The fourth-order valence-electron chi connectivity index (χ4n) is 2.94. The Kier molecular flexibility index (Phi) is 5.11. The molecule has 3 aromatic carbocycles. The minimum atomic E-state index is 0.817. The third-order valence-corrected chi connectivity index (χ3v) is 4.25. The number of nitrogens with one attached hydrogen (secondary N) is 2. The molecule has 0 aliphatic heterocycles. The molecule has 1 aliphatic carbocycles. The van der Waals surface area contributed by atoms with E-state index in [1.165, 1.54) is 0 Å². The molecule has 1 aliphatic rings. The van der Waals surface area contributed by atoms with Gasteiger partial charge in [0.15, 0.2) is 0 Å². The Morgan fingerprint density at radius 2 is 1.19 bits per heavy atom. The number of hydrogen-bond donors (Lipinski definition) is 2. The number of rotatable bonds is 5. The Hall–Kier alpha value is -3.59. The van der Waals surface area contributed by atoms with E-state index in [4.69, 9.17) is 4.99 Å². The van der Waals surface area contributed by atoms with Gasteiger partial charge in [0.2, 0.25) is 0 Å². The van der Waals surface area contributed by atoms with Gasteiger partial charge in [-0.05, 0) is 42.5 Å². The van der Waals surface area contributed by atoms with Crippen LogP contribution in [0, 0.1) is 0 Å². The minimum absolute atomic E-state index is 0.817. The summed E-state index contributed by atoms with van der Waals surface area (Å²) in [7, 11) is 0. The molecule has 0 saturated carbocycles. The zero-order valence-corrected chi connectivity index (χ0v) is 15.0. The van der Waals surface area contributed by atoms with Crippen LogP contribution in [-0.2, 0) is 0 Å². The van der Waals surface area contributed by atoms with E-state index in [2.05, 4.69) is 47.1 Å². The maximum atomic E-state index is 4.86. The van der Waals surface area contributed by atoms with Crippen molar-refractivity contribution < 1.29 is 0 Å². The van der Waals surface area contributed by atoms with Gasteiger partial charge in [-0.3, -0.25) is 0 Å². The van der Waals surface area contributed by atoms with Crippen molar-refractivity contribution in [3.8, 4) is 0 Å². The Morgan fingerprint density at radius 1 is 0.630 bits per heavy atom. The number of allylic oxidation sites excluding steroid dienone is 2. The highest BCUT2D eigenvalue weighted by molar-refractivity contribution is 6.12. The Labute approximate surface area is 159 Å². The maximum Gasteiger partial charge on any atom is 0.0885 e. The summed E-state index contributed by atoms with van der Waals surface area (Å²) in [6, 6.07) is 30.4. The van der Waals surface area contributed by atoms with Crippen molar-refractivity contribution in [3.05, 3.63) is 115 Å². The van der Waals surface area contributed by atoms with E-state index in [-0.39, 0.29) is 0 Å². The smallest absolute Gasteiger partial charge is 0.0885 e. The summed E-state index contributed by atoms with van der Waals surface area (Å²) in [5, 5.41) is 6.98. The summed E-state index contributed by atoms with van der Waals surface area (Å²) in [6.07, 6.45) is 5.11. The lowest BCUT2D eigenvalue weighted by molar-refractivity contribution is 1.18. The molecule has 4 rings (SSSR count). The van der Waals surface area contributed by atoms with Gasteiger partial charge in [-0.1, -0.05) is 60.7 Å². The third-order valence-electron chi connectivity index (χ3n) is 4.25. The van der Waals surface area contributed by atoms with Crippen molar-refractivity contribution in [1.29, 1.82) is 0 Å². The zero-order chi connectivity index (χ0) is 18.3. The summed E-state index contributed by atoms with van der Waals surface area (Å²) >= 11 is 0. The molecule has 3 nitrogen and oxygen atoms in total. The molecular weight excluding hydrogens is 330 g/mol. The van der Waals surface area contributed by atoms with Crippen LogP contribution in [0.15, 0.2) is 120 Å². The first-order valence-electron chi connectivity index (χ1n) is 9.06. The molecule has 3 heteroatoms. The van der Waals surface area contributed by atoms with Crippen LogP contribution in [0.25, 0.3) is 0 Å². The van der Waals surface area contributed by atoms with Crippen LogP contribution >= 0.6 is 0 Å². The molecule has 3 aromatic rings. The van der Waals surface area contributed by atoms with Crippen molar-refractivity contribution in [2.45, 2.75) is 6.42 Å². The summed E-state index contributed by atoms with van der Waals surface area (Å²) in [6.45, 7) is 0. The van der Waals surface area contributed by atoms with E-state index >= 15 is 0 Å². The van der Waals surface area contributed by atoms with Gasteiger partial charge in [0, 0.05) is 23.5 Å². The van der Waals surface area contributed by atoms with Gasteiger partial charge in [0.05, 0.1) is 17.1 Å². The van der Waals surface area contributed by atoms with Crippen molar-refractivity contribution in [1.82, 2.24) is 0 Å². The van der Waals surface area contributed by atoms with Gasteiger partial charge in [0.25, 0.3) is 0 Å². The van der Waals surface area contributed by atoms with Gasteiger partial charge in [-0.2, -0.15) is 0 Å². The van der Waals surface area contributed by atoms with Crippen LogP contribution in [0.2, 0.25) is 0 Å². The van der Waals surface area contributed by atoms with Crippen LogP contribution in [0.4, 0.5) is 17.1 Å². The van der Waals surface area contributed by atoms with Crippen LogP contribution in [0.1, 0.15) is 6.42 Å². The molecule has 0 fully saturated rings. The van der Waals surface area contributed by atoms with Crippen LogP contribution in [-0.4, -0.2) is 5.71 Å². The third kappa shape index (κ3) is 4.53. The van der Waals surface area contributed by atoms with Gasteiger partial charge in [0.1, 0.15) is 0 Å². The molecule has 132 valence electrons. The largest absolute Gasteiger partial charge is 0.359 e. The lowest BCUT2D eigenvalue weighted by Crippen LogP contribution is -2.16. The summed E-state index contributed by atoms with van der Waals surface area (Å²) in [5.74, 6) is 0. The molecule has 0 radical (unpaired) electrons. The van der Waals surface area contributed by atoms with Crippen molar-refractivity contribution in [2.24, 2.45) is 4.99 Å². The zero-order valence-electron chi connectivity index (χ0n) is 15.0. The molecule has 0 bridgehead atoms. The second kappa shape index (κ2) is 8.19. The summed E-state index contributed by atoms with van der Waals surface area (Å²) in [5.41, 5.74) is 6.12. The highest BCUT2D eigenvalue weighted by atomic mass is 14.9. The quantitative estimate of drug-likeness (QED) is 0.578. The van der Waals surface area contributed by atoms with Crippen molar-refractivity contribution in [3.63, 3.8) is 0 Å². The number of hydrogen-bond acceptors (Lipinski definition) is 3. The van der Waals surface area contributed by atoms with E-state index in [1.54, 1.807) is 0 Å². The minimum Gasteiger partial charge on any atom is -0.359 e. The SMILES string of the molecule is C1=C(Nc2ccccc2)CC=C(Nc2ccccc2)C1=Nc1ccccc1. The van der Waals surface area contributed by atoms with E-state index < -0.39 is 0 Å². The van der Waals surface area contributed by atoms with E-state index in [0.29, 0.717) is 0 Å². The first-order valence-corrected chi connectivity index (χ1v) is 9.06. The number of anilines is 2. The molecule has 2 N–H and O–H groups in total. The van der Waals surface area contributed by atoms with Crippen LogP contribution in [0.3, 0.4) is 0 Å². The highest BCUT2D eigenvalue weighted by Crippen LogP contribution is 2.23. The van der Waals surface area contributed by atoms with E-state index in [9.17, 15) is 0 Å². The van der Waals surface area contributed by atoms with Gasteiger partial charge >= 0.3 is 0 Å². The fraction of sp³-hybridized carbons (Fsp3) is 0.0417. The molecule has 0 heterocycles. The first-order chi connectivity index (χ1) is 13.4. The summed E-state index contributed by atoms with van der Waals surface area (Å²) < 4.78 is 0. The topological polar surface area (TPSA) is 36.4 Å². The van der Waals surface area contributed by atoms with Gasteiger partial charge in [-0.15, -0.1) is 0 Å². The van der Waals surface area contributed by atoms with E-state index in [0.717, 1.165) is 40.6 Å². The normalized spacial score (nSPS) is 15.0. The van der Waals surface area contributed by atoms with Crippen molar-refractivity contribution in [2.75, 3.05) is 10.6 Å². The predicted octanol–water partition coefficient (Wildman–Crippen LogP) is 6.15. The highest BCUT2D eigenvalue weighted by Gasteiger charge is 2.13. The molecule has 0 atom stereocenters. The summed E-state index contributed by atoms with van der Waals surface area (Å²) in [4.78, 5) is 4.86. The van der Waals surface area contributed by atoms with E-state index in [1.807, 2.05) is 66.7 Å². The van der Waals surface area contributed by atoms with Gasteiger partial charge in [-0.25, -0.2) is 4.99 Å². The van der Waals surface area contributed by atoms with Crippen LogP contribution in [0.5, 0.6) is 0 Å². The number of benzene rings is 3. The Morgan fingerprint density at radius 3 is 1.81 bits per heavy atom. The standard InChI is InChI=1S/C24H21N3/c1-4-10-19(11-5-1)25-22-16-17-23(26-20-12-6-2-7-13-20)24(18-22)27-21-14-8-3-9-15-21/h1-15,17-18,25-26H,16H2. The average molecular weight is 351 g/mol. The number of aliphatic imine (C=N–C) groups is 1. The molecule has 0 saturated heterocycles. The Bertz CT molecular complexity index is 972. The monoisotopic (exact) mass is 351 g/mol. The molecule has 0 aromatic heterocycles. The predicted molar refractivity (Wildman–Crippen MR) is 114 cm³/mol. The maximum absolute atomic E-state index is 4.86. The second-order valence-electron chi connectivity index (χ2n) is 6.31. The van der Waals surface area contributed by atoms with Crippen molar-refractivity contribution >= 4 is 22.8 Å². The first kappa shape index (κ1) is 16.9. The van der Waals surface area contributed by atoms with Gasteiger partial charge < -0.3 is 10.6 Å². The lowest BCUT2D eigenvalue weighted by atomic mass is 10.1. The fourth-order valence-corrected chi connectivity index (χ4v) is 2.94. The van der Waals surface area contributed by atoms with Crippen LogP contribution < -0.4 is 10.6 Å². The molecular formula is C24H21N3. The molecule has 0 unspecified atom stereocenters. The second-order valence-corrected chi connectivity index (χ2v) is 6.31. The lowest BCUT2D eigenvalue weighted by Gasteiger charge is -2.19. The Balaban J connectivity index is 1.63. The number of para-hydroxylation sites is 3. The molecule has 0 amide bonds. The molecule has 0 spiro atoms.